The third-order valence-corrected chi connectivity index (χ3v) is 3.60. The fraction of sp³-hybridized carbons (Fsp3) is 0.571. The zero-order valence-corrected chi connectivity index (χ0v) is 11.5. The molecule has 2 atom stereocenters. The first-order valence-electron chi connectivity index (χ1n) is 6.48. The van der Waals surface area contributed by atoms with Crippen LogP contribution in [0.3, 0.4) is 0 Å². The minimum absolute atomic E-state index is 0.118. The van der Waals surface area contributed by atoms with Crippen LogP contribution in [0.15, 0.2) is 18.2 Å². The van der Waals surface area contributed by atoms with Gasteiger partial charge in [0.1, 0.15) is 11.9 Å². The Balaban J connectivity index is 2.14. The van der Waals surface area contributed by atoms with Gasteiger partial charge >= 0.3 is 0 Å². The van der Waals surface area contributed by atoms with Gasteiger partial charge < -0.3 is 15.2 Å². The van der Waals surface area contributed by atoms with E-state index in [1.54, 1.807) is 0 Å². The Hall–Kier alpha value is -0.770. The SMILES string of the molecule is CCC(N)Cc1c(Cl)cccc1OC1CCOC1. The summed E-state index contributed by atoms with van der Waals surface area (Å²) in [4.78, 5) is 0. The van der Waals surface area contributed by atoms with Crippen molar-refractivity contribution in [2.45, 2.75) is 38.3 Å². The van der Waals surface area contributed by atoms with Gasteiger partial charge in [-0.25, -0.2) is 0 Å². The largest absolute Gasteiger partial charge is 0.488 e. The molecular weight excluding hydrogens is 250 g/mol. The van der Waals surface area contributed by atoms with Crippen LogP contribution in [0.1, 0.15) is 25.3 Å². The van der Waals surface area contributed by atoms with Crippen LogP contribution in [0.25, 0.3) is 0 Å². The molecule has 18 heavy (non-hydrogen) atoms. The van der Waals surface area contributed by atoms with Crippen LogP contribution in [0.4, 0.5) is 0 Å². The van der Waals surface area contributed by atoms with Gasteiger partial charge in [-0.1, -0.05) is 24.6 Å². The minimum atomic E-state index is 0.118. The molecule has 0 bridgehead atoms. The molecular formula is C14H20ClNO2. The van der Waals surface area contributed by atoms with Crippen LogP contribution in [0.2, 0.25) is 5.02 Å². The van der Waals surface area contributed by atoms with Crippen molar-refractivity contribution in [3.8, 4) is 5.75 Å². The normalized spacial score (nSPS) is 20.9. The molecule has 100 valence electrons. The summed E-state index contributed by atoms with van der Waals surface area (Å²) in [5, 5.41) is 0.732. The second-order valence-corrected chi connectivity index (χ2v) is 5.10. The molecule has 3 nitrogen and oxygen atoms in total. The summed E-state index contributed by atoms with van der Waals surface area (Å²) in [5.41, 5.74) is 7.03. The molecule has 2 unspecified atom stereocenters. The molecule has 2 rings (SSSR count). The smallest absolute Gasteiger partial charge is 0.124 e. The van der Waals surface area contributed by atoms with E-state index >= 15 is 0 Å². The molecule has 1 aromatic carbocycles. The molecule has 0 aliphatic carbocycles. The molecule has 1 saturated heterocycles. The lowest BCUT2D eigenvalue weighted by Crippen LogP contribution is -2.23. The van der Waals surface area contributed by atoms with Gasteiger partial charge in [0.15, 0.2) is 0 Å². The third-order valence-electron chi connectivity index (χ3n) is 3.25. The van der Waals surface area contributed by atoms with E-state index in [0.29, 0.717) is 6.61 Å². The van der Waals surface area contributed by atoms with E-state index in [4.69, 9.17) is 26.8 Å². The first kappa shape index (κ1) is 13.7. The topological polar surface area (TPSA) is 44.5 Å². The number of ether oxygens (including phenoxy) is 2. The fourth-order valence-corrected chi connectivity index (χ4v) is 2.28. The zero-order valence-electron chi connectivity index (χ0n) is 10.7. The molecule has 0 spiro atoms. The van der Waals surface area contributed by atoms with Gasteiger partial charge in [-0.2, -0.15) is 0 Å². The predicted molar refractivity (Wildman–Crippen MR) is 73.3 cm³/mol. The molecule has 0 amide bonds. The van der Waals surface area contributed by atoms with E-state index in [9.17, 15) is 0 Å². The number of benzene rings is 1. The average Bonchev–Trinajstić information content (AvgIpc) is 2.86. The Morgan fingerprint density at radius 2 is 2.39 bits per heavy atom. The quantitative estimate of drug-likeness (QED) is 0.894. The van der Waals surface area contributed by atoms with Crippen LogP contribution < -0.4 is 10.5 Å². The number of rotatable bonds is 5. The molecule has 0 radical (unpaired) electrons. The molecule has 0 saturated carbocycles. The predicted octanol–water partition coefficient (Wildman–Crippen LogP) is 2.79. The number of hydrogen-bond donors (Lipinski definition) is 1. The summed E-state index contributed by atoms with van der Waals surface area (Å²) in [6.45, 7) is 3.51. The Labute approximate surface area is 113 Å². The van der Waals surface area contributed by atoms with Crippen molar-refractivity contribution in [2.24, 2.45) is 5.73 Å². The Bertz CT molecular complexity index is 391. The fourth-order valence-electron chi connectivity index (χ4n) is 2.04. The van der Waals surface area contributed by atoms with Crippen LogP contribution in [0, 0.1) is 0 Å². The first-order chi connectivity index (χ1) is 8.70. The molecule has 1 aromatic rings. The van der Waals surface area contributed by atoms with Crippen molar-refractivity contribution in [2.75, 3.05) is 13.2 Å². The minimum Gasteiger partial charge on any atom is -0.488 e. The zero-order chi connectivity index (χ0) is 13.0. The van der Waals surface area contributed by atoms with Gasteiger partial charge in [0.2, 0.25) is 0 Å². The molecule has 1 aliphatic rings. The van der Waals surface area contributed by atoms with Crippen molar-refractivity contribution in [3.05, 3.63) is 28.8 Å². The van der Waals surface area contributed by atoms with Gasteiger partial charge in [-0.15, -0.1) is 0 Å². The maximum Gasteiger partial charge on any atom is 0.124 e. The highest BCUT2D eigenvalue weighted by Gasteiger charge is 2.20. The van der Waals surface area contributed by atoms with Gasteiger partial charge in [0.25, 0.3) is 0 Å². The number of hydrogen-bond acceptors (Lipinski definition) is 3. The number of nitrogens with two attached hydrogens (primary N) is 1. The highest BCUT2D eigenvalue weighted by molar-refractivity contribution is 6.31. The Morgan fingerprint density at radius 1 is 1.56 bits per heavy atom. The van der Waals surface area contributed by atoms with Crippen molar-refractivity contribution in [1.29, 1.82) is 0 Å². The van der Waals surface area contributed by atoms with Crippen LogP contribution in [-0.2, 0) is 11.2 Å². The average molecular weight is 270 g/mol. The summed E-state index contributed by atoms with van der Waals surface area (Å²) in [6.07, 6.45) is 2.75. The van der Waals surface area contributed by atoms with E-state index in [0.717, 1.165) is 42.2 Å². The monoisotopic (exact) mass is 269 g/mol. The lowest BCUT2D eigenvalue weighted by molar-refractivity contribution is 0.140. The highest BCUT2D eigenvalue weighted by Crippen LogP contribution is 2.29. The molecule has 1 heterocycles. The van der Waals surface area contributed by atoms with E-state index in [1.165, 1.54) is 0 Å². The highest BCUT2D eigenvalue weighted by atomic mass is 35.5. The summed E-state index contributed by atoms with van der Waals surface area (Å²) >= 11 is 6.25. The van der Waals surface area contributed by atoms with E-state index in [-0.39, 0.29) is 12.1 Å². The third kappa shape index (κ3) is 3.37. The second kappa shape index (κ2) is 6.41. The summed E-state index contributed by atoms with van der Waals surface area (Å²) in [6, 6.07) is 5.88. The van der Waals surface area contributed by atoms with Crippen molar-refractivity contribution < 1.29 is 9.47 Å². The maximum absolute atomic E-state index is 6.25. The van der Waals surface area contributed by atoms with Crippen molar-refractivity contribution in [3.63, 3.8) is 0 Å². The van der Waals surface area contributed by atoms with Crippen LogP contribution in [-0.4, -0.2) is 25.4 Å². The summed E-state index contributed by atoms with van der Waals surface area (Å²) < 4.78 is 11.3. The van der Waals surface area contributed by atoms with Gasteiger partial charge in [0.05, 0.1) is 13.2 Å². The second-order valence-electron chi connectivity index (χ2n) is 4.69. The lowest BCUT2D eigenvalue weighted by Gasteiger charge is -2.18. The number of halogens is 1. The van der Waals surface area contributed by atoms with Gasteiger partial charge in [0, 0.05) is 23.0 Å². The molecule has 1 fully saturated rings. The van der Waals surface area contributed by atoms with Gasteiger partial charge in [-0.05, 0) is 25.0 Å². The molecule has 0 aromatic heterocycles. The first-order valence-corrected chi connectivity index (χ1v) is 6.86. The molecule has 1 aliphatic heterocycles. The maximum atomic E-state index is 6.25. The van der Waals surface area contributed by atoms with Crippen molar-refractivity contribution >= 4 is 11.6 Å². The standard InChI is InChI=1S/C14H20ClNO2/c1-2-10(16)8-12-13(15)4-3-5-14(12)18-11-6-7-17-9-11/h3-5,10-11H,2,6-9,16H2,1H3. The van der Waals surface area contributed by atoms with E-state index in [1.807, 2.05) is 18.2 Å². The van der Waals surface area contributed by atoms with Crippen LogP contribution >= 0.6 is 11.6 Å². The van der Waals surface area contributed by atoms with E-state index in [2.05, 4.69) is 6.92 Å². The van der Waals surface area contributed by atoms with Crippen LogP contribution in [0.5, 0.6) is 5.75 Å². The summed E-state index contributed by atoms with van der Waals surface area (Å²) in [7, 11) is 0. The van der Waals surface area contributed by atoms with Gasteiger partial charge in [-0.3, -0.25) is 0 Å². The van der Waals surface area contributed by atoms with Crippen molar-refractivity contribution in [1.82, 2.24) is 0 Å². The molecule has 4 heteroatoms. The lowest BCUT2D eigenvalue weighted by atomic mass is 10.0. The summed E-state index contributed by atoms with van der Waals surface area (Å²) in [5.74, 6) is 0.849. The van der Waals surface area contributed by atoms with E-state index < -0.39 is 0 Å². The Morgan fingerprint density at radius 3 is 3.06 bits per heavy atom. The molecule has 2 N–H and O–H groups in total. The Kier molecular flexibility index (Phi) is 4.87.